The molecule has 0 aromatic carbocycles. The van der Waals surface area contributed by atoms with Crippen molar-refractivity contribution in [1.29, 1.82) is 0 Å². The van der Waals surface area contributed by atoms with Gasteiger partial charge in [-0.25, -0.2) is 0 Å². The number of ketones is 1. The second-order valence-corrected chi connectivity index (χ2v) is 1.99. The summed E-state index contributed by atoms with van der Waals surface area (Å²) < 4.78 is 0. The molecule has 0 amide bonds. The van der Waals surface area contributed by atoms with Gasteiger partial charge in [0.2, 0.25) is 0 Å². The van der Waals surface area contributed by atoms with Crippen LogP contribution in [0.3, 0.4) is 0 Å². The molecule has 0 atom stereocenters. The number of carbonyl (C=O) groups excluding carboxylic acids is 1. The molecule has 0 fully saturated rings. The highest BCUT2D eigenvalue weighted by Gasteiger charge is 1.87. The summed E-state index contributed by atoms with van der Waals surface area (Å²) in [7, 11) is 0. The van der Waals surface area contributed by atoms with Crippen molar-refractivity contribution in [3.05, 3.63) is 24.0 Å². The maximum absolute atomic E-state index is 10.3. The van der Waals surface area contributed by atoms with Crippen molar-refractivity contribution in [1.82, 2.24) is 0 Å². The molecular weight excluding hydrogens is 128 g/mol. The van der Waals surface area contributed by atoms with Gasteiger partial charge in [-0.15, -0.1) is 0 Å². The molecule has 0 aromatic heterocycles. The van der Waals surface area contributed by atoms with Crippen LogP contribution in [0, 0.1) is 0 Å². The summed E-state index contributed by atoms with van der Waals surface area (Å²) in [6.07, 6.45) is 5.35. The number of hydrogen-bond donors (Lipinski definition) is 1. The molecule has 0 aliphatic rings. The summed E-state index contributed by atoms with van der Waals surface area (Å²) in [4.78, 5) is 10.3. The Labute approximate surface area is 60.9 Å². The van der Waals surface area contributed by atoms with Crippen molar-refractivity contribution in [3.8, 4) is 0 Å². The SMILES string of the molecule is CC/C=C/C(O)=C/C(C)=O. The van der Waals surface area contributed by atoms with E-state index in [1.165, 1.54) is 19.1 Å². The molecule has 2 nitrogen and oxygen atoms in total. The van der Waals surface area contributed by atoms with Gasteiger partial charge in [0.15, 0.2) is 5.78 Å². The lowest BCUT2D eigenvalue weighted by Crippen LogP contribution is -1.84. The van der Waals surface area contributed by atoms with E-state index in [-0.39, 0.29) is 11.5 Å². The molecule has 0 saturated carbocycles. The Morgan fingerprint density at radius 2 is 2.20 bits per heavy atom. The minimum Gasteiger partial charge on any atom is -0.508 e. The molecule has 0 spiro atoms. The number of aliphatic hydroxyl groups excluding tert-OH is 1. The first-order chi connectivity index (χ1) is 4.66. The quantitative estimate of drug-likeness (QED) is 0.369. The van der Waals surface area contributed by atoms with Crippen molar-refractivity contribution < 1.29 is 9.90 Å². The van der Waals surface area contributed by atoms with Gasteiger partial charge in [0.1, 0.15) is 5.76 Å². The van der Waals surface area contributed by atoms with E-state index in [1.807, 2.05) is 6.92 Å². The molecule has 1 N–H and O–H groups in total. The lowest BCUT2D eigenvalue weighted by atomic mass is 10.3. The van der Waals surface area contributed by atoms with Crippen molar-refractivity contribution in [3.63, 3.8) is 0 Å². The van der Waals surface area contributed by atoms with Crippen molar-refractivity contribution in [2.45, 2.75) is 20.3 Å². The number of carbonyl (C=O) groups is 1. The number of allylic oxidation sites excluding steroid dienone is 3. The van der Waals surface area contributed by atoms with Crippen molar-refractivity contribution in [2.75, 3.05) is 0 Å². The molecule has 0 bridgehead atoms. The van der Waals surface area contributed by atoms with Crippen molar-refractivity contribution in [2.24, 2.45) is 0 Å². The third-order valence-electron chi connectivity index (χ3n) is 0.875. The van der Waals surface area contributed by atoms with Crippen LogP contribution < -0.4 is 0 Å². The second-order valence-electron chi connectivity index (χ2n) is 1.99. The van der Waals surface area contributed by atoms with Gasteiger partial charge in [0.05, 0.1) is 0 Å². The molecule has 10 heavy (non-hydrogen) atoms. The molecule has 0 unspecified atom stereocenters. The molecule has 0 aliphatic heterocycles. The normalized spacial score (nSPS) is 12.4. The zero-order valence-corrected chi connectivity index (χ0v) is 6.29. The van der Waals surface area contributed by atoms with Gasteiger partial charge in [-0.2, -0.15) is 0 Å². The van der Waals surface area contributed by atoms with Gasteiger partial charge in [0, 0.05) is 6.08 Å². The van der Waals surface area contributed by atoms with Crippen LogP contribution in [-0.4, -0.2) is 10.9 Å². The molecule has 0 rings (SSSR count). The van der Waals surface area contributed by atoms with Crippen LogP contribution in [0.2, 0.25) is 0 Å². The Kier molecular flexibility index (Phi) is 4.29. The Bertz CT molecular complexity index is 166. The van der Waals surface area contributed by atoms with Crippen LogP contribution in [-0.2, 0) is 4.79 Å². The molecule has 0 aliphatic carbocycles. The highest BCUT2D eigenvalue weighted by molar-refractivity contribution is 5.87. The monoisotopic (exact) mass is 140 g/mol. The van der Waals surface area contributed by atoms with Gasteiger partial charge in [-0.3, -0.25) is 4.79 Å². The topological polar surface area (TPSA) is 37.3 Å². The van der Waals surface area contributed by atoms with Crippen LogP contribution in [0.25, 0.3) is 0 Å². The van der Waals surface area contributed by atoms with Gasteiger partial charge in [-0.1, -0.05) is 13.0 Å². The lowest BCUT2D eigenvalue weighted by Gasteiger charge is -1.86. The van der Waals surface area contributed by atoms with Crippen LogP contribution in [0.1, 0.15) is 20.3 Å². The zero-order valence-electron chi connectivity index (χ0n) is 6.29. The Hall–Kier alpha value is -1.05. The minimum absolute atomic E-state index is 0.0225. The first kappa shape index (κ1) is 8.95. The third kappa shape index (κ3) is 5.09. The van der Waals surface area contributed by atoms with E-state index in [2.05, 4.69) is 0 Å². The van der Waals surface area contributed by atoms with Crippen LogP contribution in [0.5, 0.6) is 0 Å². The minimum atomic E-state index is -0.141. The molecule has 56 valence electrons. The fraction of sp³-hybridized carbons (Fsp3) is 0.375. The molecular formula is C8H12O2. The summed E-state index contributed by atoms with van der Waals surface area (Å²) in [6.45, 7) is 3.35. The smallest absolute Gasteiger partial charge is 0.156 e. The highest BCUT2D eigenvalue weighted by atomic mass is 16.3. The lowest BCUT2D eigenvalue weighted by molar-refractivity contribution is -0.112. The predicted octanol–water partition coefficient (Wildman–Crippen LogP) is 1.98. The summed E-state index contributed by atoms with van der Waals surface area (Å²) in [5, 5.41) is 8.90. The summed E-state index contributed by atoms with van der Waals surface area (Å²) >= 11 is 0. The van der Waals surface area contributed by atoms with E-state index in [0.717, 1.165) is 6.42 Å². The second kappa shape index (κ2) is 4.79. The van der Waals surface area contributed by atoms with E-state index in [9.17, 15) is 4.79 Å². The van der Waals surface area contributed by atoms with Crippen LogP contribution in [0.4, 0.5) is 0 Å². The largest absolute Gasteiger partial charge is 0.508 e. The predicted molar refractivity (Wildman–Crippen MR) is 40.8 cm³/mol. The molecule has 0 aromatic rings. The van der Waals surface area contributed by atoms with E-state index < -0.39 is 0 Å². The van der Waals surface area contributed by atoms with Crippen molar-refractivity contribution >= 4 is 5.78 Å². The molecule has 2 heteroatoms. The van der Waals surface area contributed by atoms with Gasteiger partial charge in [-0.05, 0) is 19.4 Å². The Balaban J connectivity index is 3.94. The Morgan fingerprint density at radius 1 is 1.60 bits per heavy atom. The van der Waals surface area contributed by atoms with Gasteiger partial charge >= 0.3 is 0 Å². The van der Waals surface area contributed by atoms with E-state index in [0.29, 0.717) is 0 Å². The first-order valence-corrected chi connectivity index (χ1v) is 3.24. The average molecular weight is 140 g/mol. The molecule has 0 saturated heterocycles. The fourth-order valence-electron chi connectivity index (χ4n) is 0.495. The fourth-order valence-corrected chi connectivity index (χ4v) is 0.495. The first-order valence-electron chi connectivity index (χ1n) is 3.24. The molecule has 0 radical (unpaired) electrons. The van der Waals surface area contributed by atoms with Gasteiger partial charge < -0.3 is 5.11 Å². The summed E-state index contributed by atoms with van der Waals surface area (Å²) in [5.41, 5.74) is 0. The third-order valence-corrected chi connectivity index (χ3v) is 0.875. The highest BCUT2D eigenvalue weighted by Crippen LogP contribution is 1.92. The zero-order chi connectivity index (χ0) is 7.98. The summed E-state index contributed by atoms with van der Waals surface area (Å²) in [5.74, 6) is -0.118. The van der Waals surface area contributed by atoms with Crippen LogP contribution >= 0.6 is 0 Å². The number of rotatable bonds is 3. The van der Waals surface area contributed by atoms with E-state index >= 15 is 0 Å². The van der Waals surface area contributed by atoms with E-state index in [4.69, 9.17) is 5.11 Å². The van der Waals surface area contributed by atoms with Crippen LogP contribution in [0.15, 0.2) is 24.0 Å². The summed E-state index contributed by atoms with van der Waals surface area (Å²) in [6, 6.07) is 0. The maximum Gasteiger partial charge on any atom is 0.156 e. The van der Waals surface area contributed by atoms with E-state index in [1.54, 1.807) is 6.08 Å². The number of hydrogen-bond acceptors (Lipinski definition) is 2. The van der Waals surface area contributed by atoms with Gasteiger partial charge in [0.25, 0.3) is 0 Å². The standard InChI is InChI=1S/C8H12O2/c1-3-4-5-8(10)6-7(2)9/h4-6,10H,3H2,1-2H3/b5-4+,8-6-. The number of aliphatic hydroxyl groups is 1. The molecule has 0 heterocycles. The average Bonchev–Trinajstić information content (AvgIpc) is 1.82. The maximum atomic E-state index is 10.3. The Morgan fingerprint density at radius 3 is 2.60 bits per heavy atom.